The molecule has 2 saturated heterocycles. The molecule has 5 rings (SSSR count). The fourth-order valence-electron chi connectivity index (χ4n) is 6.22. The lowest BCUT2D eigenvalue weighted by Gasteiger charge is -2.34. The molecular formula is C21H25Cl2NO2. The molecular weight excluding hydrogens is 369 g/mol. The van der Waals surface area contributed by atoms with Crippen molar-refractivity contribution < 1.29 is 9.53 Å². The number of hydrogen-bond acceptors (Lipinski definition) is 2. The van der Waals surface area contributed by atoms with E-state index in [0.717, 1.165) is 63.5 Å². The molecule has 0 bridgehead atoms. The fourth-order valence-corrected chi connectivity index (χ4v) is 6.52. The molecule has 2 heterocycles. The van der Waals surface area contributed by atoms with Gasteiger partial charge in [-0.1, -0.05) is 42.1 Å². The predicted molar refractivity (Wildman–Crippen MR) is 103 cm³/mol. The highest BCUT2D eigenvalue weighted by atomic mass is 35.5. The molecule has 4 fully saturated rings. The van der Waals surface area contributed by atoms with Gasteiger partial charge in [-0.25, -0.2) is 0 Å². The number of carbonyl (C=O) groups excluding carboxylic acids is 1. The summed E-state index contributed by atoms with van der Waals surface area (Å²) in [7, 11) is 0. The second-order valence-electron chi connectivity index (χ2n) is 8.75. The molecule has 140 valence electrons. The fraction of sp³-hybridized carbons (Fsp3) is 0.667. The molecule has 2 saturated carbocycles. The molecule has 0 unspecified atom stereocenters. The molecule has 26 heavy (non-hydrogen) atoms. The van der Waals surface area contributed by atoms with Gasteiger partial charge in [0.15, 0.2) is 0 Å². The zero-order valence-electron chi connectivity index (χ0n) is 14.9. The van der Waals surface area contributed by atoms with Crippen molar-refractivity contribution in [3.63, 3.8) is 0 Å². The maximum Gasteiger partial charge on any atom is 0.233 e. The highest BCUT2D eigenvalue weighted by molar-refractivity contribution is 6.42. The van der Waals surface area contributed by atoms with E-state index < -0.39 is 5.41 Å². The number of hydrogen-bond donors (Lipinski definition) is 0. The van der Waals surface area contributed by atoms with E-state index in [0.29, 0.717) is 33.7 Å². The third-order valence-corrected chi connectivity index (χ3v) is 8.26. The smallest absolute Gasteiger partial charge is 0.233 e. The maximum absolute atomic E-state index is 13.7. The van der Waals surface area contributed by atoms with E-state index in [1.165, 1.54) is 6.42 Å². The third kappa shape index (κ3) is 2.54. The van der Waals surface area contributed by atoms with Crippen LogP contribution in [0, 0.1) is 23.7 Å². The van der Waals surface area contributed by atoms with E-state index in [-0.39, 0.29) is 0 Å². The number of rotatable bonds is 2. The van der Waals surface area contributed by atoms with Gasteiger partial charge in [-0.2, -0.15) is 0 Å². The number of nitrogens with zero attached hydrogens (tertiary/aromatic N) is 1. The minimum atomic E-state index is -0.404. The number of halogens is 2. The predicted octanol–water partition coefficient (Wildman–Crippen LogP) is 4.55. The summed E-state index contributed by atoms with van der Waals surface area (Å²) in [4.78, 5) is 15.9. The second kappa shape index (κ2) is 6.39. The van der Waals surface area contributed by atoms with Crippen molar-refractivity contribution in [1.29, 1.82) is 0 Å². The molecule has 4 atom stereocenters. The van der Waals surface area contributed by atoms with Gasteiger partial charge in [0.25, 0.3) is 0 Å². The van der Waals surface area contributed by atoms with Crippen LogP contribution in [0.5, 0.6) is 0 Å². The monoisotopic (exact) mass is 393 g/mol. The van der Waals surface area contributed by atoms with Gasteiger partial charge in [-0.05, 0) is 60.6 Å². The average Bonchev–Trinajstić information content (AvgIpc) is 3.37. The summed E-state index contributed by atoms with van der Waals surface area (Å²) in [6, 6.07) is 5.77. The first-order valence-corrected chi connectivity index (χ1v) is 10.7. The molecule has 5 heteroatoms. The van der Waals surface area contributed by atoms with Crippen LogP contribution in [-0.2, 0) is 14.9 Å². The van der Waals surface area contributed by atoms with Crippen LogP contribution in [-0.4, -0.2) is 37.1 Å². The Labute approximate surface area is 165 Å². The minimum absolute atomic E-state index is 0.318. The Hall–Kier alpha value is -0.770. The van der Waals surface area contributed by atoms with Crippen molar-refractivity contribution >= 4 is 29.1 Å². The second-order valence-corrected chi connectivity index (χ2v) is 9.56. The quantitative estimate of drug-likeness (QED) is 0.737. The van der Waals surface area contributed by atoms with Crippen molar-refractivity contribution in [2.75, 3.05) is 26.3 Å². The molecule has 0 radical (unpaired) electrons. The lowest BCUT2D eigenvalue weighted by molar-refractivity contribution is -0.136. The Kier molecular flexibility index (Phi) is 4.26. The number of benzene rings is 1. The van der Waals surface area contributed by atoms with Gasteiger partial charge >= 0.3 is 0 Å². The molecule has 0 N–H and O–H groups in total. The first kappa shape index (κ1) is 17.3. The van der Waals surface area contributed by atoms with Crippen LogP contribution in [0.4, 0.5) is 0 Å². The normalized spacial score (nSPS) is 34.9. The third-order valence-electron chi connectivity index (χ3n) is 7.52. The molecule has 1 aromatic carbocycles. The molecule has 3 nitrogen and oxygen atoms in total. The van der Waals surface area contributed by atoms with E-state index in [2.05, 4.69) is 4.90 Å². The summed E-state index contributed by atoms with van der Waals surface area (Å²) in [6.45, 7) is 3.67. The highest BCUT2D eigenvalue weighted by Gasteiger charge is 2.54. The molecule has 2 aliphatic heterocycles. The van der Waals surface area contributed by atoms with E-state index >= 15 is 0 Å². The summed E-state index contributed by atoms with van der Waals surface area (Å²) >= 11 is 12.4. The summed E-state index contributed by atoms with van der Waals surface area (Å²) in [5, 5.41) is 1.10. The standard InChI is InChI=1S/C21H25Cl2NO2/c22-18-4-3-15(8-19(18)23)21(5-1-2-6-21)20(25)24-9-13-7-14-11-26-12-17(14)16(13)10-24/h3-4,8,13-14,16-17H,1-2,5-7,9-12H2/t13-,14+,16+,17-/m0/s1. The number of fused-ring (bicyclic) bond motifs is 3. The number of ether oxygens (including phenoxy) is 1. The van der Waals surface area contributed by atoms with E-state index in [1.54, 1.807) is 0 Å². The Balaban J connectivity index is 1.41. The van der Waals surface area contributed by atoms with Crippen molar-refractivity contribution in [3.8, 4) is 0 Å². The summed E-state index contributed by atoms with van der Waals surface area (Å²) in [6.07, 6.45) is 5.28. The van der Waals surface area contributed by atoms with Gasteiger partial charge in [-0.15, -0.1) is 0 Å². The van der Waals surface area contributed by atoms with Gasteiger partial charge in [0, 0.05) is 19.7 Å². The molecule has 1 amide bonds. The number of amides is 1. The largest absolute Gasteiger partial charge is 0.381 e. The molecule has 4 aliphatic rings. The Morgan fingerprint density at radius 3 is 2.62 bits per heavy atom. The lowest BCUT2D eigenvalue weighted by atomic mass is 9.77. The van der Waals surface area contributed by atoms with E-state index in [9.17, 15) is 4.79 Å². The highest BCUT2D eigenvalue weighted by Crippen LogP contribution is 2.51. The summed E-state index contributed by atoms with van der Waals surface area (Å²) < 4.78 is 5.70. The Morgan fingerprint density at radius 1 is 1.04 bits per heavy atom. The number of likely N-dealkylation sites (tertiary alicyclic amines) is 1. The van der Waals surface area contributed by atoms with Crippen LogP contribution in [0.1, 0.15) is 37.7 Å². The average molecular weight is 394 g/mol. The Morgan fingerprint density at radius 2 is 1.85 bits per heavy atom. The van der Waals surface area contributed by atoms with Gasteiger partial charge in [0.2, 0.25) is 5.91 Å². The SMILES string of the molecule is O=C(N1C[C@@H]2C[C@@H]3COC[C@@H]3[C@@H]2C1)C1(c2ccc(Cl)c(Cl)c2)CCCC1. The van der Waals surface area contributed by atoms with Crippen LogP contribution in [0.2, 0.25) is 10.0 Å². The van der Waals surface area contributed by atoms with Gasteiger partial charge < -0.3 is 9.64 Å². The lowest BCUT2D eigenvalue weighted by Crippen LogP contribution is -2.45. The summed E-state index contributed by atoms with van der Waals surface area (Å²) in [5.74, 6) is 3.03. The van der Waals surface area contributed by atoms with Crippen LogP contribution in [0.25, 0.3) is 0 Å². The van der Waals surface area contributed by atoms with Crippen LogP contribution >= 0.6 is 23.2 Å². The van der Waals surface area contributed by atoms with E-state index in [4.69, 9.17) is 27.9 Å². The zero-order valence-corrected chi connectivity index (χ0v) is 16.4. The molecule has 0 spiro atoms. The van der Waals surface area contributed by atoms with Crippen molar-refractivity contribution in [3.05, 3.63) is 33.8 Å². The number of carbonyl (C=O) groups is 1. The van der Waals surface area contributed by atoms with Crippen LogP contribution in [0.15, 0.2) is 18.2 Å². The van der Waals surface area contributed by atoms with Crippen LogP contribution in [0.3, 0.4) is 0 Å². The topological polar surface area (TPSA) is 29.5 Å². The molecule has 0 aromatic heterocycles. The van der Waals surface area contributed by atoms with E-state index in [1.807, 2.05) is 18.2 Å². The zero-order chi connectivity index (χ0) is 17.9. The van der Waals surface area contributed by atoms with Crippen molar-refractivity contribution in [1.82, 2.24) is 4.90 Å². The molecule has 2 aliphatic carbocycles. The molecule has 1 aromatic rings. The van der Waals surface area contributed by atoms with Gasteiger partial charge in [-0.3, -0.25) is 4.79 Å². The van der Waals surface area contributed by atoms with Gasteiger partial charge in [0.1, 0.15) is 0 Å². The maximum atomic E-state index is 13.7. The Bertz CT molecular complexity index is 731. The van der Waals surface area contributed by atoms with Gasteiger partial charge in [0.05, 0.1) is 22.1 Å². The first-order valence-electron chi connectivity index (χ1n) is 9.91. The minimum Gasteiger partial charge on any atom is -0.381 e. The van der Waals surface area contributed by atoms with Crippen LogP contribution < -0.4 is 0 Å². The first-order chi connectivity index (χ1) is 12.6. The summed E-state index contributed by atoms with van der Waals surface area (Å²) in [5.41, 5.74) is 0.645. The van der Waals surface area contributed by atoms with Crippen molar-refractivity contribution in [2.24, 2.45) is 23.7 Å². The van der Waals surface area contributed by atoms with Crippen molar-refractivity contribution in [2.45, 2.75) is 37.5 Å².